The molecule has 0 aromatic rings. The van der Waals surface area contributed by atoms with E-state index in [-0.39, 0.29) is 11.9 Å². The van der Waals surface area contributed by atoms with Gasteiger partial charge in [0.25, 0.3) is 0 Å². The minimum Gasteiger partial charge on any atom is -0.467 e. The number of nitrogens with zero attached hydrogens (tertiary/aromatic N) is 1. The number of methoxy groups -OCH3 is 1. The van der Waals surface area contributed by atoms with Gasteiger partial charge in [-0.15, -0.1) is 0 Å². The van der Waals surface area contributed by atoms with Crippen LogP contribution in [0.5, 0.6) is 0 Å². The monoisotopic (exact) mass is 285 g/mol. The molecule has 2 atom stereocenters. The van der Waals surface area contributed by atoms with E-state index in [1.807, 2.05) is 25.8 Å². The third kappa shape index (κ3) is 5.46. The number of esters is 1. The SMILES string of the molecule is COC(=O)C(CC(C)C)NC(=O)CN(C)C1CCNC1. The molecule has 2 N–H and O–H groups in total. The molecule has 20 heavy (non-hydrogen) atoms. The van der Waals surface area contributed by atoms with Crippen molar-refractivity contribution in [2.24, 2.45) is 5.92 Å². The molecule has 0 aliphatic carbocycles. The fourth-order valence-electron chi connectivity index (χ4n) is 2.44. The zero-order valence-corrected chi connectivity index (χ0v) is 12.9. The smallest absolute Gasteiger partial charge is 0.328 e. The summed E-state index contributed by atoms with van der Waals surface area (Å²) in [5, 5.41) is 6.05. The van der Waals surface area contributed by atoms with Crippen LogP contribution < -0.4 is 10.6 Å². The Bertz CT molecular complexity index is 328. The van der Waals surface area contributed by atoms with Crippen LogP contribution >= 0.6 is 0 Å². The summed E-state index contributed by atoms with van der Waals surface area (Å²) in [5.41, 5.74) is 0. The molecule has 0 radical (unpaired) electrons. The number of likely N-dealkylation sites (N-methyl/N-ethyl adjacent to an activating group) is 1. The minimum atomic E-state index is -0.553. The molecule has 0 aromatic heterocycles. The predicted octanol–water partition coefficient (Wildman–Crippen LogP) is -0.0160. The molecule has 1 saturated heterocycles. The molecular formula is C14H27N3O3. The van der Waals surface area contributed by atoms with Crippen LogP contribution in [0, 0.1) is 5.92 Å². The van der Waals surface area contributed by atoms with Crippen molar-refractivity contribution >= 4 is 11.9 Å². The van der Waals surface area contributed by atoms with Gasteiger partial charge in [-0.1, -0.05) is 13.8 Å². The van der Waals surface area contributed by atoms with E-state index in [1.165, 1.54) is 7.11 Å². The number of carbonyl (C=O) groups excluding carboxylic acids is 2. The standard InChI is InChI=1S/C14H27N3O3/c1-10(2)7-12(14(19)20-4)16-13(18)9-17(3)11-5-6-15-8-11/h10-12,15H,5-9H2,1-4H3,(H,16,18). The second kappa shape index (κ2) is 8.21. The molecule has 6 heteroatoms. The van der Waals surface area contributed by atoms with E-state index in [4.69, 9.17) is 4.74 Å². The summed E-state index contributed by atoms with van der Waals surface area (Å²) in [4.78, 5) is 25.7. The number of hydrogen-bond acceptors (Lipinski definition) is 5. The first-order valence-electron chi connectivity index (χ1n) is 7.22. The first kappa shape index (κ1) is 16.9. The van der Waals surface area contributed by atoms with E-state index in [9.17, 15) is 9.59 Å². The Kier molecular flexibility index (Phi) is 6.95. The van der Waals surface area contributed by atoms with Gasteiger partial charge in [0.05, 0.1) is 13.7 Å². The largest absolute Gasteiger partial charge is 0.467 e. The number of hydrogen-bond donors (Lipinski definition) is 2. The number of ether oxygens (including phenoxy) is 1. The van der Waals surface area contributed by atoms with Crippen LogP contribution in [0.3, 0.4) is 0 Å². The summed E-state index contributed by atoms with van der Waals surface area (Å²) < 4.78 is 4.74. The average Bonchev–Trinajstić information content (AvgIpc) is 2.90. The third-order valence-electron chi connectivity index (χ3n) is 3.58. The van der Waals surface area contributed by atoms with Gasteiger partial charge in [-0.05, 0) is 32.4 Å². The molecular weight excluding hydrogens is 258 g/mol. The first-order valence-corrected chi connectivity index (χ1v) is 7.22. The van der Waals surface area contributed by atoms with Gasteiger partial charge in [0.1, 0.15) is 6.04 Å². The van der Waals surface area contributed by atoms with Gasteiger partial charge in [-0.25, -0.2) is 4.79 Å². The summed E-state index contributed by atoms with van der Waals surface area (Å²) in [6, 6.07) is -0.162. The summed E-state index contributed by atoms with van der Waals surface area (Å²) in [5.74, 6) is -0.191. The predicted molar refractivity (Wildman–Crippen MR) is 77.3 cm³/mol. The van der Waals surface area contributed by atoms with E-state index in [2.05, 4.69) is 10.6 Å². The van der Waals surface area contributed by atoms with Crippen molar-refractivity contribution in [1.29, 1.82) is 0 Å². The normalized spacial score (nSPS) is 20.2. The van der Waals surface area contributed by atoms with Gasteiger partial charge in [-0.2, -0.15) is 0 Å². The lowest BCUT2D eigenvalue weighted by Gasteiger charge is -2.24. The van der Waals surface area contributed by atoms with Gasteiger partial charge in [0.15, 0.2) is 0 Å². The first-order chi connectivity index (χ1) is 9.43. The molecule has 1 rings (SSSR count). The van der Waals surface area contributed by atoms with Gasteiger partial charge in [0, 0.05) is 12.6 Å². The topological polar surface area (TPSA) is 70.7 Å². The molecule has 1 fully saturated rings. The second-order valence-electron chi connectivity index (χ2n) is 5.83. The van der Waals surface area contributed by atoms with E-state index < -0.39 is 6.04 Å². The lowest BCUT2D eigenvalue weighted by molar-refractivity contribution is -0.145. The summed E-state index contributed by atoms with van der Waals surface area (Å²) in [6.07, 6.45) is 1.64. The molecule has 1 amide bonds. The molecule has 0 saturated carbocycles. The van der Waals surface area contributed by atoms with Crippen molar-refractivity contribution in [2.45, 2.75) is 38.8 Å². The fraction of sp³-hybridized carbons (Fsp3) is 0.857. The van der Waals surface area contributed by atoms with Crippen LogP contribution in [0.2, 0.25) is 0 Å². The summed E-state index contributed by atoms with van der Waals surface area (Å²) >= 11 is 0. The van der Waals surface area contributed by atoms with Crippen molar-refractivity contribution in [2.75, 3.05) is 33.8 Å². The molecule has 1 heterocycles. The van der Waals surface area contributed by atoms with Crippen molar-refractivity contribution in [3.05, 3.63) is 0 Å². The highest BCUT2D eigenvalue weighted by atomic mass is 16.5. The number of nitrogens with one attached hydrogen (secondary N) is 2. The highest BCUT2D eigenvalue weighted by Gasteiger charge is 2.25. The van der Waals surface area contributed by atoms with Crippen molar-refractivity contribution in [3.8, 4) is 0 Å². The lowest BCUT2D eigenvalue weighted by atomic mass is 10.0. The molecule has 1 aliphatic rings. The number of amides is 1. The lowest BCUT2D eigenvalue weighted by Crippen LogP contribution is -2.48. The Hall–Kier alpha value is -1.14. The maximum Gasteiger partial charge on any atom is 0.328 e. The summed E-state index contributed by atoms with van der Waals surface area (Å²) in [6.45, 7) is 6.24. The Labute approximate surface area is 121 Å². The molecule has 6 nitrogen and oxygen atoms in total. The van der Waals surface area contributed by atoms with E-state index >= 15 is 0 Å². The Morgan fingerprint density at radius 3 is 2.65 bits per heavy atom. The van der Waals surface area contributed by atoms with Gasteiger partial charge in [-0.3, -0.25) is 9.69 Å². The summed E-state index contributed by atoms with van der Waals surface area (Å²) in [7, 11) is 3.28. The fourth-order valence-corrected chi connectivity index (χ4v) is 2.44. The van der Waals surface area contributed by atoms with Gasteiger partial charge >= 0.3 is 5.97 Å². The molecule has 0 bridgehead atoms. The van der Waals surface area contributed by atoms with Crippen LogP contribution in [0.4, 0.5) is 0 Å². The maximum atomic E-state index is 12.0. The van der Waals surface area contributed by atoms with Crippen LogP contribution in [0.1, 0.15) is 26.7 Å². The number of rotatable bonds is 7. The average molecular weight is 285 g/mol. The highest BCUT2D eigenvalue weighted by Crippen LogP contribution is 2.08. The second-order valence-corrected chi connectivity index (χ2v) is 5.83. The quantitative estimate of drug-likeness (QED) is 0.644. The van der Waals surface area contributed by atoms with Gasteiger partial charge in [0.2, 0.25) is 5.91 Å². The zero-order valence-electron chi connectivity index (χ0n) is 12.9. The Morgan fingerprint density at radius 2 is 2.15 bits per heavy atom. The van der Waals surface area contributed by atoms with Crippen molar-refractivity contribution < 1.29 is 14.3 Å². The maximum absolute atomic E-state index is 12.0. The van der Waals surface area contributed by atoms with Gasteiger partial charge < -0.3 is 15.4 Å². The van der Waals surface area contributed by atoms with E-state index in [0.717, 1.165) is 19.5 Å². The molecule has 0 aromatic carbocycles. The Morgan fingerprint density at radius 1 is 1.45 bits per heavy atom. The van der Waals surface area contributed by atoms with E-state index in [1.54, 1.807) is 0 Å². The number of carbonyl (C=O) groups is 2. The van der Waals surface area contributed by atoms with Crippen LogP contribution in [-0.2, 0) is 14.3 Å². The third-order valence-corrected chi connectivity index (χ3v) is 3.58. The van der Waals surface area contributed by atoms with E-state index in [0.29, 0.717) is 24.9 Å². The van der Waals surface area contributed by atoms with Crippen LogP contribution in [0.15, 0.2) is 0 Å². The highest BCUT2D eigenvalue weighted by molar-refractivity contribution is 5.85. The molecule has 2 unspecified atom stereocenters. The molecule has 1 aliphatic heterocycles. The molecule has 116 valence electrons. The minimum absolute atomic E-state index is 0.129. The zero-order chi connectivity index (χ0) is 15.1. The van der Waals surface area contributed by atoms with Crippen molar-refractivity contribution in [1.82, 2.24) is 15.5 Å². The van der Waals surface area contributed by atoms with Crippen LogP contribution in [0.25, 0.3) is 0 Å². The van der Waals surface area contributed by atoms with Crippen LogP contribution in [-0.4, -0.2) is 62.7 Å². The molecule has 0 spiro atoms. The van der Waals surface area contributed by atoms with Crippen molar-refractivity contribution in [3.63, 3.8) is 0 Å². The Balaban J connectivity index is 2.45.